The molecule has 2 aromatic heterocycles. The fourth-order valence-corrected chi connectivity index (χ4v) is 4.24. The van der Waals surface area contributed by atoms with Gasteiger partial charge in [-0.3, -0.25) is 0 Å². The second kappa shape index (κ2) is 8.13. The van der Waals surface area contributed by atoms with Crippen LogP contribution in [0.5, 0.6) is 5.75 Å². The first-order chi connectivity index (χ1) is 12.7. The van der Waals surface area contributed by atoms with Crippen molar-refractivity contribution in [1.29, 1.82) is 0 Å². The highest BCUT2D eigenvalue weighted by atomic mass is 35.5. The molecule has 0 fully saturated rings. The minimum atomic E-state index is 0. The molecule has 0 unspecified atom stereocenters. The summed E-state index contributed by atoms with van der Waals surface area (Å²) in [6, 6.07) is 15.9. The van der Waals surface area contributed by atoms with Gasteiger partial charge in [0.15, 0.2) is 0 Å². The van der Waals surface area contributed by atoms with Crippen molar-refractivity contribution in [2.45, 2.75) is 6.92 Å². The van der Waals surface area contributed by atoms with E-state index in [0.717, 1.165) is 32.8 Å². The van der Waals surface area contributed by atoms with Gasteiger partial charge < -0.3 is 10.1 Å². The molecule has 4 nitrogen and oxygen atoms in total. The van der Waals surface area contributed by atoms with E-state index in [4.69, 9.17) is 16.3 Å². The van der Waals surface area contributed by atoms with Crippen molar-refractivity contribution in [3.05, 3.63) is 64.8 Å². The lowest BCUT2D eigenvalue weighted by molar-refractivity contribution is 0.415. The van der Waals surface area contributed by atoms with E-state index >= 15 is 0 Å². The lowest BCUT2D eigenvalue weighted by atomic mass is 10.0. The van der Waals surface area contributed by atoms with Crippen LogP contribution in [-0.2, 0) is 0 Å². The van der Waals surface area contributed by atoms with Gasteiger partial charge in [-0.05, 0) is 30.7 Å². The average Bonchev–Trinajstić information content (AvgIpc) is 2.99. The predicted octanol–water partition coefficient (Wildman–Crippen LogP) is 6.49. The number of nitrogens with zero attached hydrogens (tertiary/aromatic N) is 2. The third-order valence-electron chi connectivity index (χ3n) is 4.14. The van der Waals surface area contributed by atoms with Crippen molar-refractivity contribution in [3.63, 3.8) is 0 Å². The largest absolute Gasteiger partial charge is 0.495 e. The van der Waals surface area contributed by atoms with Crippen LogP contribution in [0.3, 0.4) is 0 Å². The predicted molar refractivity (Wildman–Crippen MR) is 116 cm³/mol. The summed E-state index contributed by atoms with van der Waals surface area (Å²) in [7, 11) is 1.60. The minimum absolute atomic E-state index is 0. The lowest BCUT2D eigenvalue weighted by Gasteiger charge is -2.10. The molecule has 27 heavy (non-hydrogen) atoms. The number of halogens is 2. The number of benzene rings is 2. The summed E-state index contributed by atoms with van der Waals surface area (Å²) >= 11 is 7.92. The Hall–Kier alpha value is -2.34. The van der Waals surface area contributed by atoms with Gasteiger partial charge in [0.05, 0.1) is 17.5 Å². The molecular formula is C20H17Cl2N3OS. The van der Waals surface area contributed by atoms with Crippen molar-refractivity contribution in [1.82, 2.24) is 9.97 Å². The number of fused-ring (bicyclic) bond motifs is 1. The average molecular weight is 418 g/mol. The zero-order chi connectivity index (χ0) is 18.1. The van der Waals surface area contributed by atoms with E-state index in [9.17, 15) is 0 Å². The Balaban J connectivity index is 0.00000210. The molecular weight excluding hydrogens is 401 g/mol. The molecule has 0 radical (unpaired) electrons. The maximum atomic E-state index is 6.25. The first-order valence-electron chi connectivity index (χ1n) is 8.07. The van der Waals surface area contributed by atoms with Crippen LogP contribution < -0.4 is 10.1 Å². The molecule has 4 rings (SSSR count). The number of hydrogen-bond donors (Lipinski definition) is 1. The Morgan fingerprint density at radius 1 is 1.07 bits per heavy atom. The Bertz CT molecular complexity index is 1080. The monoisotopic (exact) mass is 417 g/mol. The minimum Gasteiger partial charge on any atom is -0.495 e. The Labute approximate surface area is 172 Å². The van der Waals surface area contributed by atoms with Gasteiger partial charge in [-0.15, -0.1) is 23.7 Å². The van der Waals surface area contributed by atoms with Crippen LogP contribution in [-0.4, -0.2) is 17.1 Å². The van der Waals surface area contributed by atoms with Crippen molar-refractivity contribution in [3.8, 4) is 16.9 Å². The molecule has 7 heteroatoms. The molecule has 0 saturated carbocycles. The molecule has 4 aromatic rings. The van der Waals surface area contributed by atoms with Crippen LogP contribution in [0.15, 0.2) is 54.9 Å². The van der Waals surface area contributed by atoms with Crippen molar-refractivity contribution in [2.24, 2.45) is 0 Å². The Morgan fingerprint density at radius 3 is 2.56 bits per heavy atom. The number of thiophene rings is 1. The topological polar surface area (TPSA) is 47.0 Å². The standard InChI is InChI=1S/C20H16ClN3OS.ClH/c1-12-17(13-6-4-3-5-7-13)18-19(22-11-23-20(18)26-12)24-14-8-9-16(25-2)15(21)10-14;/h3-11H,1-2H3,(H,22,23,24);1H. The highest BCUT2D eigenvalue weighted by molar-refractivity contribution is 7.19. The molecule has 0 saturated heterocycles. The number of ether oxygens (including phenoxy) is 1. The molecule has 2 heterocycles. The molecule has 0 amide bonds. The fourth-order valence-electron chi connectivity index (χ4n) is 2.97. The van der Waals surface area contributed by atoms with Gasteiger partial charge in [0.1, 0.15) is 22.7 Å². The van der Waals surface area contributed by atoms with Crippen LogP contribution in [0.2, 0.25) is 5.02 Å². The van der Waals surface area contributed by atoms with Gasteiger partial charge >= 0.3 is 0 Å². The second-order valence-electron chi connectivity index (χ2n) is 5.78. The second-order valence-corrected chi connectivity index (χ2v) is 7.39. The number of aromatic nitrogens is 2. The number of aryl methyl sites for hydroxylation is 1. The van der Waals surface area contributed by atoms with E-state index in [0.29, 0.717) is 10.8 Å². The van der Waals surface area contributed by atoms with Crippen LogP contribution in [0.4, 0.5) is 11.5 Å². The van der Waals surface area contributed by atoms with Gasteiger partial charge in [-0.1, -0.05) is 41.9 Å². The van der Waals surface area contributed by atoms with E-state index in [2.05, 4.69) is 34.3 Å². The highest BCUT2D eigenvalue weighted by Gasteiger charge is 2.17. The lowest BCUT2D eigenvalue weighted by Crippen LogP contribution is -1.96. The third kappa shape index (κ3) is 3.72. The highest BCUT2D eigenvalue weighted by Crippen LogP contribution is 2.41. The fraction of sp³-hybridized carbons (Fsp3) is 0.100. The number of nitrogens with one attached hydrogen (secondary N) is 1. The van der Waals surface area contributed by atoms with Crippen LogP contribution in [0.1, 0.15) is 4.88 Å². The van der Waals surface area contributed by atoms with Crippen molar-refractivity contribution >= 4 is 57.1 Å². The Morgan fingerprint density at radius 2 is 1.85 bits per heavy atom. The molecule has 0 aliphatic heterocycles. The summed E-state index contributed by atoms with van der Waals surface area (Å²) in [5, 5.41) is 4.95. The Kier molecular flexibility index (Phi) is 5.85. The quantitative estimate of drug-likeness (QED) is 0.411. The molecule has 0 atom stereocenters. The summed E-state index contributed by atoms with van der Waals surface area (Å²) in [5.41, 5.74) is 3.16. The molecule has 0 spiro atoms. The molecule has 2 aromatic carbocycles. The van der Waals surface area contributed by atoms with Gasteiger partial charge in [-0.2, -0.15) is 0 Å². The van der Waals surface area contributed by atoms with E-state index in [1.165, 1.54) is 4.88 Å². The number of rotatable bonds is 4. The van der Waals surface area contributed by atoms with Gasteiger partial charge in [0.25, 0.3) is 0 Å². The molecule has 0 aliphatic rings. The zero-order valence-corrected chi connectivity index (χ0v) is 17.1. The third-order valence-corrected chi connectivity index (χ3v) is 5.45. The number of methoxy groups -OCH3 is 1. The van der Waals surface area contributed by atoms with Crippen LogP contribution in [0, 0.1) is 6.92 Å². The summed E-state index contributed by atoms with van der Waals surface area (Å²) < 4.78 is 5.22. The summed E-state index contributed by atoms with van der Waals surface area (Å²) in [6.07, 6.45) is 1.58. The van der Waals surface area contributed by atoms with E-state index in [-0.39, 0.29) is 12.4 Å². The molecule has 0 aliphatic carbocycles. The van der Waals surface area contributed by atoms with Gasteiger partial charge in [0, 0.05) is 16.1 Å². The van der Waals surface area contributed by atoms with E-state index in [1.807, 2.05) is 36.4 Å². The van der Waals surface area contributed by atoms with Gasteiger partial charge in [0.2, 0.25) is 0 Å². The summed E-state index contributed by atoms with van der Waals surface area (Å²) in [5.74, 6) is 1.40. The number of hydrogen-bond acceptors (Lipinski definition) is 5. The van der Waals surface area contributed by atoms with Gasteiger partial charge in [-0.25, -0.2) is 9.97 Å². The van der Waals surface area contributed by atoms with Crippen molar-refractivity contribution in [2.75, 3.05) is 12.4 Å². The van der Waals surface area contributed by atoms with E-state index < -0.39 is 0 Å². The first-order valence-corrected chi connectivity index (χ1v) is 9.27. The smallest absolute Gasteiger partial charge is 0.143 e. The normalized spacial score (nSPS) is 10.5. The summed E-state index contributed by atoms with van der Waals surface area (Å²) in [4.78, 5) is 11.1. The maximum absolute atomic E-state index is 6.25. The van der Waals surface area contributed by atoms with E-state index in [1.54, 1.807) is 24.8 Å². The molecule has 1 N–H and O–H groups in total. The molecule has 138 valence electrons. The maximum Gasteiger partial charge on any atom is 0.143 e. The summed E-state index contributed by atoms with van der Waals surface area (Å²) in [6.45, 7) is 2.11. The van der Waals surface area contributed by atoms with Crippen molar-refractivity contribution < 1.29 is 4.74 Å². The van der Waals surface area contributed by atoms with Crippen LogP contribution >= 0.6 is 35.3 Å². The zero-order valence-electron chi connectivity index (χ0n) is 14.7. The first kappa shape index (κ1) is 19.4. The molecule has 0 bridgehead atoms. The SMILES string of the molecule is COc1ccc(Nc2ncnc3sc(C)c(-c4ccccc4)c23)cc1Cl.Cl. The number of anilines is 2. The van der Waals surface area contributed by atoms with Crippen LogP contribution in [0.25, 0.3) is 21.3 Å².